The van der Waals surface area contributed by atoms with Crippen LogP contribution in [0.25, 0.3) is 10.1 Å². The van der Waals surface area contributed by atoms with Gasteiger partial charge in [-0.3, -0.25) is 0 Å². The average Bonchev–Trinajstić information content (AvgIpc) is 2.57. The third kappa shape index (κ3) is 1.43. The number of benzene rings is 1. The summed E-state index contributed by atoms with van der Waals surface area (Å²) in [5.74, 6) is 0. The van der Waals surface area contributed by atoms with Crippen molar-refractivity contribution in [2.45, 2.75) is 5.33 Å². The Morgan fingerprint density at radius 3 is 2.93 bits per heavy atom. The topological polar surface area (TPSA) is 23.8 Å². The van der Waals surface area contributed by atoms with E-state index in [1.807, 2.05) is 6.07 Å². The molecule has 0 amide bonds. The highest BCUT2D eigenvalue weighted by Crippen LogP contribution is 2.31. The Hall–Kier alpha value is -0.920. The Balaban J connectivity index is 2.86. The van der Waals surface area contributed by atoms with Crippen molar-refractivity contribution in [1.82, 2.24) is 0 Å². The first-order chi connectivity index (χ1) is 6.76. The molecule has 0 saturated heterocycles. The summed E-state index contributed by atoms with van der Waals surface area (Å²) in [6.45, 7) is 0. The summed E-state index contributed by atoms with van der Waals surface area (Å²) < 4.78 is 13.9. The number of fused-ring (bicyclic) bond motifs is 1. The predicted octanol–water partition coefficient (Wildman–Crippen LogP) is 3.81. The molecule has 4 heteroatoms. The maximum absolute atomic E-state index is 13.0. The van der Waals surface area contributed by atoms with Gasteiger partial charge in [0.15, 0.2) is 5.13 Å². The highest BCUT2D eigenvalue weighted by Gasteiger charge is 2.09. The lowest BCUT2D eigenvalue weighted by Gasteiger charge is -1.98. The van der Waals surface area contributed by atoms with Gasteiger partial charge in [0.05, 0.1) is 11.6 Å². The van der Waals surface area contributed by atoms with Gasteiger partial charge in [0.1, 0.15) is 0 Å². The van der Waals surface area contributed by atoms with Crippen LogP contribution < -0.4 is 0 Å². The van der Waals surface area contributed by atoms with E-state index >= 15 is 0 Å². The summed E-state index contributed by atoms with van der Waals surface area (Å²) in [5, 5.41) is 9.97. The maximum atomic E-state index is 13.0. The van der Waals surface area contributed by atoms with Gasteiger partial charge in [0.2, 0.25) is 0 Å². The zero-order valence-corrected chi connectivity index (χ0v) is 9.45. The second kappa shape index (κ2) is 3.68. The van der Waals surface area contributed by atoms with Gasteiger partial charge in [-0.1, -0.05) is 22.0 Å². The molecule has 0 aliphatic rings. The molecule has 0 saturated carbocycles. The summed E-state index contributed by atoms with van der Waals surface area (Å²) in [6, 6.07) is 7.06. The van der Waals surface area contributed by atoms with Gasteiger partial charge in [0, 0.05) is 15.4 Å². The molecule has 0 radical (unpaired) electrons. The van der Waals surface area contributed by atoms with Crippen molar-refractivity contribution in [3.8, 4) is 6.07 Å². The predicted molar refractivity (Wildman–Crippen MR) is 59.1 cm³/mol. The molecule has 1 aromatic carbocycles. The molecule has 0 N–H and O–H groups in total. The van der Waals surface area contributed by atoms with E-state index in [0.29, 0.717) is 16.3 Å². The monoisotopic (exact) mass is 269 g/mol. The van der Waals surface area contributed by atoms with E-state index in [0.717, 1.165) is 21.6 Å². The van der Waals surface area contributed by atoms with Crippen LogP contribution in [0.5, 0.6) is 0 Å². The van der Waals surface area contributed by atoms with E-state index in [2.05, 4.69) is 22.0 Å². The summed E-state index contributed by atoms with van der Waals surface area (Å²) in [5.41, 5.74) is 1.55. The van der Waals surface area contributed by atoms with Crippen LogP contribution in [0.2, 0.25) is 0 Å². The summed E-state index contributed by atoms with van der Waals surface area (Å²) in [4.78, 5) is 0. The molecule has 0 aliphatic carbocycles. The zero-order valence-electron chi connectivity index (χ0n) is 7.05. The zero-order chi connectivity index (χ0) is 10.1. The largest absolute Gasteiger partial charge is 0.195 e. The van der Waals surface area contributed by atoms with Gasteiger partial charge >= 0.3 is 0 Å². The summed E-state index contributed by atoms with van der Waals surface area (Å²) in [7, 11) is 0. The molecule has 0 bridgehead atoms. The molecule has 14 heavy (non-hydrogen) atoms. The van der Waals surface area contributed by atoms with Crippen molar-refractivity contribution in [3.05, 3.63) is 34.5 Å². The highest BCUT2D eigenvalue weighted by molar-refractivity contribution is 9.08. The molecule has 0 unspecified atom stereocenters. The van der Waals surface area contributed by atoms with Crippen molar-refractivity contribution in [2.24, 2.45) is 0 Å². The van der Waals surface area contributed by atoms with Crippen LogP contribution in [-0.4, -0.2) is 0 Å². The van der Waals surface area contributed by atoms with Gasteiger partial charge in [-0.2, -0.15) is 9.65 Å². The van der Waals surface area contributed by atoms with Gasteiger partial charge in [0.25, 0.3) is 0 Å². The lowest BCUT2D eigenvalue weighted by Crippen LogP contribution is -1.80. The molecule has 1 heterocycles. The van der Waals surface area contributed by atoms with Crippen molar-refractivity contribution >= 4 is 37.4 Å². The quantitative estimate of drug-likeness (QED) is 0.723. The van der Waals surface area contributed by atoms with Gasteiger partial charge in [-0.15, -0.1) is 11.3 Å². The SMILES string of the molecule is N#Cc1ccc(CBr)c2sc(F)cc12. The van der Waals surface area contributed by atoms with Gasteiger partial charge in [-0.05, 0) is 17.7 Å². The second-order valence-corrected chi connectivity index (χ2v) is 4.37. The second-order valence-electron chi connectivity index (χ2n) is 2.81. The van der Waals surface area contributed by atoms with Crippen molar-refractivity contribution in [3.63, 3.8) is 0 Å². The number of hydrogen-bond donors (Lipinski definition) is 0. The number of nitrogens with zero attached hydrogens (tertiary/aromatic N) is 1. The lowest BCUT2D eigenvalue weighted by atomic mass is 10.1. The fourth-order valence-electron chi connectivity index (χ4n) is 1.35. The Morgan fingerprint density at radius 2 is 2.29 bits per heavy atom. The van der Waals surface area contributed by atoms with Crippen LogP contribution in [0, 0.1) is 16.5 Å². The third-order valence-corrected chi connectivity index (χ3v) is 3.60. The minimum atomic E-state index is -0.245. The number of hydrogen-bond acceptors (Lipinski definition) is 2. The number of alkyl halides is 1. The molecule has 1 nitrogen and oxygen atoms in total. The molecular weight excluding hydrogens is 265 g/mol. The molecule has 0 spiro atoms. The minimum Gasteiger partial charge on any atom is -0.195 e. The first-order valence-electron chi connectivity index (χ1n) is 3.93. The number of rotatable bonds is 1. The van der Waals surface area contributed by atoms with E-state index in [1.54, 1.807) is 6.07 Å². The van der Waals surface area contributed by atoms with Crippen molar-refractivity contribution < 1.29 is 4.39 Å². The fourth-order valence-corrected chi connectivity index (χ4v) is 2.93. The molecule has 0 fully saturated rings. The molecule has 2 aromatic rings. The Bertz CT molecular complexity index is 527. The van der Waals surface area contributed by atoms with E-state index in [9.17, 15) is 4.39 Å². The third-order valence-electron chi connectivity index (χ3n) is 2.00. The molecule has 2 rings (SSSR count). The van der Waals surface area contributed by atoms with E-state index in [1.165, 1.54) is 6.07 Å². The Morgan fingerprint density at radius 1 is 1.50 bits per heavy atom. The first kappa shape index (κ1) is 9.63. The van der Waals surface area contributed by atoms with Crippen LogP contribution in [0.4, 0.5) is 4.39 Å². The average molecular weight is 270 g/mol. The lowest BCUT2D eigenvalue weighted by molar-refractivity contribution is 0.658. The number of nitriles is 1. The molecular formula is C10H5BrFNS. The molecule has 1 aromatic heterocycles. The van der Waals surface area contributed by atoms with Crippen LogP contribution in [0.1, 0.15) is 11.1 Å². The summed E-state index contributed by atoms with van der Waals surface area (Å²) in [6.07, 6.45) is 0. The van der Waals surface area contributed by atoms with Crippen molar-refractivity contribution in [1.29, 1.82) is 5.26 Å². The summed E-state index contributed by atoms with van der Waals surface area (Å²) >= 11 is 4.42. The fraction of sp³-hybridized carbons (Fsp3) is 0.100. The van der Waals surface area contributed by atoms with Crippen molar-refractivity contribution in [2.75, 3.05) is 0 Å². The van der Waals surface area contributed by atoms with E-state index in [4.69, 9.17) is 5.26 Å². The van der Waals surface area contributed by atoms with E-state index < -0.39 is 0 Å². The van der Waals surface area contributed by atoms with Crippen LogP contribution in [0.15, 0.2) is 18.2 Å². The highest BCUT2D eigenvalue weighted by atomic mass is 79.9. The van der Waals surface area contributed by atoms with E-state index in [-0.39, 0.29) is 5.13 Å². The molecule has 70 valence electrons. The first-order valence-corrected chi connectivity index (χ1v) is 5.87. The smallest absolute Gasteiger partial charge is 0.177 e. The van der Waals surface area contributed by atoms with Gasteiger partial charge < -0.3 is 0 Å². The van der Waals surface area contributed by atoms with Crippen LogP contribution >= 0.6 is 27.3 Å². The number of halogens is 2. The van der Waals surface area contributed by atoms with Crippen LogP contribution in [0.3, 0.4) is 0 Å². The van der Waals surface area contributed by atoms with Gasteiger partial charge in [-0.25, -0.2) is 0 Å². The molecule has 0 atom stereocenters. The normalized spacial score (nSPS) is 10.4. The minimum absolute atomic E-state index is 0.245. The standard InChI is InChI=1S/C10H5BrFNS/c11-4-6-1-2-7(5-13)8-3-9(12)14-10(6)8/h1-3H,4H2. The number of thiophene rings is 1. The Kier molecular flexibility index (Phi) is 2.53. The Labute approximate surface area is 92.9 Å². The van der Waals surface area contributed by atoms with Crippen LogP contribution in [-0.2, 0) is 5.33 Å². The maximum Gasteiger partial charge on any atom is 0.177 e. The molecule has 0 aliphatic heterocycles.